The molecule has 0 atom stereocenters. The smallest absolute Gasteiger partial charge is 0.262 e. The first-order valence-electron chi connectivity index (χ1n) is 7.74. The molecule has 4 rings (SSSR count). The third-order valence-corrected chi connectivity index (χ3v) is 4.68. The van der Waals surface area contributed by atoms with Crippen LogP contribution in [0.5, 0.6) is 5.88 Å². The highest BCUT2D eigenvalue weighted by atomic mass is 35.5. The minimum Gasteiger partial charge on any atom is -0.494 e. The topological polar surface area (TPSA) is 70.4 Å². The van der Waals surface area contributed by atoms with Crippen LogP contribution in [0.2, 0.25) is 5.02 Å². The van der Waals surface area contributed by atoms with Gasteiger partial charge < -0.3 is 5.11 Å². The average Bonchev–Trinajstić information content (AvgIpc) is 3.03. The fourth-order valence-corrected chi connectivity index (χ4v) is 3.33. The van der Waals surface area contributed by atoms with Crippen molar-refractivity contribution in [2.45, 2.75) is 0 Å². The van der Waals surface area contributed by atoms with Gasteiger partial charge in [-0.2, -0.15) is 0 Å². The van der Waals surface area contributed by atoms with E-state index >= 15 is 0 Å². The first-order chi connectivity index (χ1) is 12.6. The zero-order valence-corrected chi connectivity index (χ0v) is 14.9. The summed E-state index contributed by atoms with van der Waals surface area (Å²) in [5.74, 6) is -0.280. The van der Waals surface area contributed by atoms with Crippen molar-refractivity contribution in [3.8, 4) is 11.6 Å². The largest absolute Gasteiger partial charge is 0.494 e. The van der Waals surface area contributed by atoms with Crippen molar-refractivity contribution >= 4 is 47.4 Å². The third-order valence-electron chi connectivity index (χ3n) is 4.07. The third kappa shape index (κ3) is 2.69. The van der Waals surface area contributed by atoms with E-state index < -0.39 is 5.56 Å². The van der Waals surface area contributed by atoms with E-state index in [1.807, 2.05) is 24.3 Å². The Morgan fingerprint density at radius 3 is 2.69 bits per heavy atom. The summed E-state index contributed by atoms with van der Waals surface area (Å²) in [4.78, 5) is 19.3. The minimum absolute atomic E-state index is 0.0586. The average molecular weight is 382 g/mol. The maximum atomic E-state index is 12.4. The molecule has 0 aliphatic carbocycles. The lowest BCUT2D eigenvalue weighted by Gasteiger charge is -2.13. The van der Waals surface area contributed by atoms with Gasteiger partial charge in [-0.1, -0.05) is 41.9 Å². The molecule has 5 nitrogen and oxygen atoms in total. The van der Waals surface area contributed by atoms with Crippen LogP contribution in [0, 0.1) is 4.77 Å². The second kappa shape index (κ2) is 6.40. The molecular formula is C19H12ClN3O2S. The molecule has 7 heteroatoms. The van der Waals surface area contributed by atoms with Crippen molar-refractivity contribution < 1.29 is 5.11 Å². The molecular weight excluding hydrogens is 370 g/mol. The number of nitrogens with one attached hydrogen (secondary N) is 1. The number of H-pyrrole nitrogens is 1. The van der Waals surface area contributed by atoms with Gasteiger partial charge in [0.05, 0.1) is 16.4 Å². The van der Waals surface area contributed by atoms with Crippen molar-refractivity contribution in [3.63, 3.8) is 0 Å². The molecule has 2 heterocycles. The first-order valence-corrected chi connectivity index (χ1v) is 8.53. The summed E-state index contributed by atoms with van der Waals surface area (Å²) >= 11 is 11.4. The fraction of sp³-hybridized carbons (Fsp3) is 0. The Morgan fingerprint density at radius 2 is 1.88 bits per heavy atom. The lowest BCUT2D eigenvalue weighted by Crippen LogP contribution is -2.16. The highest BCUT2D eigenvalue weighted by Crippen LogP contribution is 2.33. The molecule has 0 bridgehead atoms. The van der Waals surface area contributed by atoms with Gasteiger partial charge in [0.25, 0.3) is 5.56 Å². The molecule has 0 spiro atoms. The zero-order chi connectivity index (χ0) is 18.3. The number of aromatic hydroxyl groups is 1. The molecule has 0 fully saturated rings. The van der Waals surface area contributed by atoms with Crippen LogP contribution in [-0.4, -0.2) is 20.9 Å². The fourth-order valence-electron chi connectivity index (χ4n) is 2.83. The predicted molar refractivity (Wildman–Crippen MR) is 106 cm³/mol. The molecule has 0 saturated carbocycles. The van der Waals surface area contributed by atoms with Gasteiger partial charge in [0.2, 0.25) is 5.88 Å². The summed E-state index contributed by atoms with van der Waals surface area (Å²) in [5, 5.41) is 11.2. The number of para-hydroxylation sites is 2. The highest BCUT2D eigenvalue weighted by Gasteiger charge is 2.17. The van der Waals surface area contributed by atoms with Gasteiger partial charge in [-0.3, -0.25) is 19.3 Å². The van der Waals surface area contributed by atoms with E-state index in [0.717, 1.165) is 16.8 Å². The number of hydrogen-bond acceptors (Lipinski definition) is 4. The summed E-state index contributed by atoms with van der Waals surface area (Å²) in [5.41, 5.74) is 2.50. The number of aromatic nitrogens is 2. The SMILES string of the molecule is O=c1[nH]c(=S)n(-c2ccccc2Cl)c(O)c1/C=C1/C=Nc2ccccc21. The molecule has 26 heavy (non-hydrogen) atoms. The van der Waals surface area contributed by atoms with Crippen molar-refractivity contribution in [1.29, 1.82) is 0 Å². The summed E-state index contributed by atoms with van der Waals surface area (Å²) in [7, 11) is 0. The van der Waals surface area contributed by atoms with Gasteiger partial charge in [-0.05, 0) is 36.5 Å². The molecule has 0 saturated heterocycles. The van der Waals surface area contributed by atoms with Crippen LogP contribution in [0.25, 0.3) is 17.3 Å². The van der Waals surface area contributed by atoms with Crippen molar-refractivity contribution in [2.24, 2.45) is 4.99 Å². The Hall–Kier alpha value is -2.96. The summed E-state index contributed by atoms with van der Waals surface area (Å²) < 4.78 is 1.40. The monoisotopic (exact) mass is 381 g/mol. The number of aliphatic imine (C=N–C) groups is 1. The number of benzene rings is 2. The van der Waals surface area contributed by atoms with Crippen LogP contribution in [-0.2, 0) is 0 Å². The van der Waals surface area contributed by atoms with E-state index in [1.165, 1.54) is 4.57 Å². The quantitative estimate of drug-likeness (QED) is 0.641. The molecule has 128 valence electrons. The van der Waals surface area contributed by atoms with E-state index in [-0.39, 0.29) is 16.2 Å². The number of fused-ring (bicyclic) bond motifs is 1. The number of aromatic amines is 1. The highest BCUT2D eigenvalue weighted by molar-refractivity contribution is 7.71. The van der Waals surface area contributed by atoms with Crippen molar-refractivity contribution in [3.05, 3.63) is 79.8 Å². The Balaban J connectivity index is 1.95. The molecule has 0 radical (unpaired) electrons. The summed E-state index contributed by atoms with van der Waals surface area (Å²) in [6.45, 7) is 0. The van der Waals surface area contributed by atoms with Gasteiger partial charge in [0.1, 0.15) is 5.56 Å². The van der Waals surface area contributed by atoms with E-state index in [0.29, 0.717) is 10.7 Å². The van der Waals surface area contributed by atoms with Gasteiger partial charge in [0.15, 0.2) is 4.77 Å². The van der Waals surface area contributed by atoms with Crippen molar-refractivity contribution in [2.75, 3.05) is 0 Å². The van der Waals surface area contributed by atoms with E-state index in [1.54, 1.807) is 36.6 Å². The van der Waals surface area contributed by atoms with Gasteiger partial charge >= 0.3 is 0 Å². The Labute approximate surface area is 158 Å². The maximum absolute atomic E-state index is 12.4. The van der Waals surface area contributed by atoms with Crippen LogP contribution in [0.15, 0.2) is 58.3 Å². The number of rotatable bonds is 2. The Bertz CT molecular complexity index is 1210. The molecule has 1 aliphatic heterocycles. The Kier molecular flexibility index (Phi) is 4.06. The van der Waals surface area contributed by atoms with E-state index in [2.05, 4.69) is 9.98 Å². The molecule has 2 aromatic carbocycles. The molecule has 0 unspecified atom stereocenters. The van der Waals surface area contributed by atoms with E-state index in [4.69, 9.17) is 23.8 Å². The normalized spacial score (nSPS) is 14.0. The lowest BCUT2D eigenvalue weighted by atomic mass is 10.1. The number of halogens is 1. The van der Waals surface area contributed by atoms with Crippen molar-refractivity contribution in [1.82, 2.24) is 9.55 Å². The summed E-state index contributed by atoms with van der Waals surface area (Å²) in [6.07, 6.45) is 3.25. The van der Waals surface area contributed by atoms with Crippen LogP contribution >= 0.6 is 23.8 Å². The number of nitrogens with zero attached hydrogens (tertiary/aromatic N) is 2. The molecule has 1 aliphatic rings. The second-order valence-corrected chi connectivity index (χ2v) is 6.45. The number of allylic oxidation sites excluding steroid dienone is 1. The zero-order valence-electron chi connectivity index (χ0n) is 13.3. The van der Waals surface area contributed by atoms with Crippen LogP contribution in [0.4, 0.5) is 5.69 Å². The van der Waals surface area contributed by atoms with Crippen LogP contribution in [0.1, 0.15) is 11.1 Å². The molecule has 0 amide bonds. The lowest BCUT2D eigenvalue weighted by molar-refractivity contribution is 0.432. The Morgan fingerprint density at radius 1 is 1.15 bits per heavy atom. The van der Waals surface area contributed by atoms with E-state index in [9.17, 15) is 9.90 Å². The second-order valence-electron chi connectivity index (χ2n) is 5.66. The summed E-state index contributed by atoms with van der Waals surface area (Å²) in [6, 6.07) is 14.5. The van der Waals surface area contributed by atoms with Gasteiger partial charge in [-0.15, -0.1) is 0 Å². The predicted octanol–water partition coefficient (Wildman–Crippen LogP) is 4.51. The van der Waals surface area contributed by atoms with Gasteiger partial charge in [0, 0.05) is 17.4 Å². The molecule has 1 aromatic heterocycles. The number of hydrogen-bond donors (Lipinski definition) is 2. The molecule has 2 N–H and O–H groups in total. The maximum Gasteiger partial charge on any atom is 0.262 e. The van der Waals surface area contributed by atoms with Crippen LogP contribution < -0.4 is 5.56 Å². The minimum atomic E-state index is -0.485. The first kappa shape index (κ1) is 16.5. The molecule has 3 aromatic rings. The standard InChI is InChI=1S/C19H12ClN3O2S/c20-14-6-2-4-8-16(14)23-18(25)13(17(24)22-19(23)26)9-11-10-21-15-7-3-1-5-12(11)15/h1-10,25H,(H,22,24,26)/b11-9-. The van der Waals surface area contributed by atoms with Crippen LogP contribution in [0.3, 0.4) is 0 Å². The van der Waals surface area contributed by atoms with Gasteiger partial charge in [-0.25, -0.2) is 0 Å².